The summed E-state index contributed by atoms with van der Waals surface area (Å²) in [5.74, 6) is 0.792. The highest BCUT2D eigenvalue weighted by molar-refractivity contribution is 7.09. The van der Waals surface area contributed by atoms with Gasteiger partial charge in [0, 0.05) is 54.6 Å². The summed E-state index contributed by atoms with van der Waals surface area (Å²) in [5, 5.41) is 4.20. The van der Waals surface area contributed by atoms with Crippen molar-refractivity contribution in [2.24, 2.45) is 0 Å². The number of rotatable bonds is 3. The van der Waals surface area contributed by atoms with Crippen molar-refractivity contribution in [1.82, 2.24) is 19.8 Å². The van der Waals surface area contributed by atoms with Crippen molar-refractivity contribution < 1.29 is 14.3 Å². The molecule has 0 radical (unpaired) electrons. The molecule has 7 nitrogen and oxygen atoms in total. The molecule has 0 unspecified atom stereocenters. The van der Waals surface area contributed by atoms with Gasteiger partial charge < -0.3 is 19.5 Å². The van der Waals surface area contributed by atoms with Gasteiger partial charge in [0.15, 0.2) is 0 Å². The third-order valence-corrected chi connectivity index (χ3v) is 8.09. The Labute approximate surface area is 210 Å². The molecule has 186 valence electrons. The van der Waals surface area contributed by atoms with Gasteiger partial charge in [-0.25, -0.2) is 9.78 Å². The Morgan fingerprint density at radius 3 is 2.37 bits per heavy atom. The lowest BCUT2D eigenvalue weighted by molar-refractivity contribution is 0.0204. The summed E-state index contributed by atoms with van der Waals surface area (Å²) in [4.78, 5) is 37.3. The lowest BCUT2D eigenvalue weighted by Crippen LogP contribution is -2.41. The number of carbonyl (C=O) groups excluding carboxylic acids is 2. The minimum Gasteiger partial charge on any atom is -0.444 e. The summed E-state index contributed by atoms with van der Waals surface area (Å²) >= 11 is 1.57. The normalized spacial score (nSPS) is 18.3. The first-order chi connectivity index (χ1) is 16.8. The maximum atomic E-state index is 13.2. The lowest BCUT2D eigenvalue weighted by Gasteiger charge is -2.33. The predicted molar refractivity (Wildman–Crippen MR) is 138 cm³/mol. The Hall–Kier alpha value is -2.87. The van der Waals surface area contributed by atoms with Crippen LogP contribution in [-0.2, 0) is 4.74 Å². The topological polar surface area (TPSA) is 78.5 Å². The second kappa shape index (κ2) is 9.64. The summed E-state index contributed by atoms with van der Waals surface area (Å²) in [7, 11) is 0. The van der Waals surface area contributed by atoms with Crippen LogP contribution in [0, 0.1) is 0 Å². The zero-order chi connectivity index (χ0) is 24.6. The largest absolute Gasteiger partial charge is 0.444 e. The van der Waals surface area contributed by atoms with Crippen LogP contribution in [0.1, 0.15) is 79.3 Å². The first kappa shape index (κ1) is 23.9. The SMILES string of the molecule is CC(C)(C)OC(=O)N1CCC(c2nc(C(=O)N3CCC(c4c[nH]c5ccccc45)CC3)cs2)CC1. The van der Waals surface area contributed by atoms with Crippen molar-refractivity contribution in [3.63, 3.8) is 0 Å². The molecule has 3 aromatic rings. The third kappa shape index (κ3) is 5.22. The number of H-pyrrole nitrogens is 1. The monoisotopic (exact) mass is 494 g/mol. The number of thiazole rings is 1. The number of aromatic nitrogens is 2. The van der Waals surface area contributed by atoms with Crippen molar-refractivity contribution in [3.8, 4) is 0 Å². The van der Waals surface area contributed by atoms with Crippen molar-refractivity contribution in [3.05, 3.63) is 52.1 Å². The number of fused-ring (bicyclic) bond motifs is 1. The van der Waals surface area contributed by atoms with Crippen LogP contribution in [0.15, 0.2) is 35.8 Å². The molecule has 0 spiro atoms. The van der Waals surface area contributed by atoms with Gasteiger partial charge in [-0.15, -0.1) is 11.3 Å². The van der Waals surface area contributed by atoms with E-state index in [1.165, 1.54) is 16.5 Å². The van der Waals surface area contributed by atoms with Crippen molar-refractivity contribution >= 4 is 34.2 Å². The van der Waals surface area contributed by atoms with Crippen LogP contribution in [0.25, 0.3) is 10.9 Å². The molecule has 5 rings (SSSR count). The maximum Gasteiger partial charge on any atom is 0.410 e. The molecule has 0 saturated carbocycles. The second-order valence-electron chi connectivity index (χ2n) is 10.7. The Kier molecular flexibility index (Phi) is 6.57. The van der Waals surface area contributed by atoms with Gasteiger partial charge in [0.1, 0.15) is 11.3 Å². The Balaban J connectivity index is 1.15. The summed E-state index contributed by atoms with van der Waals surface area (Å²) in [6.07, 6.45) is 5.50. The number of hydrogen-bond donors (Lipinski definition) is 1. The van der Waals surface area contributed by atoms with Crippen molar-refractivity contribution in [2.75, 3.05) is 26.2 Å². The minimum absolute atomic E-state index is 0.0380. The molecule has 1 N–H and O–H groups in total. The van der Waals surface area contributed by atoms with Gasteiger partial charge in [-0.2, -0.15) is 0 Å². The van der Waals surface area contributed by atoms with E-state index in [1.807, 2.05) is 31.1 Å². The Morgan fingerprint density at radius 1 is 1.00 bits per heavy atom. The number of para-hydroxylation sites is 1. The molecule has 4 heterocycles. The molecular weight excluding hydrogens is 460 g/mol. The summed E-state index contributed by atoms with van der Waals surface area (Å²) < 4.78 is 5.50. The second-order valence-corrected chi connectivity index (χ2v) is 11.6. The molecule has 0 atom stereocenters. The van der Waals surface area contributed by atoms with Gasteiger partial charge in [0.25, 0.3) is 5.91 Å². The van der Waals surface area contributed by atoms with Gasteiger partial charge in [-0.05, 0) is 64.0 Å². The van der Waals surface area contributed by atoms with E-state index in [0.717, 1.165) is 43.8 Å². The number of nitrogens with one attached hydrogen (secondary N) is 1. The van der Waals surface area contributed by atoms with E-state index in [4.69, 9.17) is 9.72 Å². The fourth-order valence-corrected chi connectivity index (χ4v) is 6.16. The fraction of sp³-hybridized carbons (Fsp3) is 0.519. The van der Waals surface area contributed by atoms with E-state index in [-0.39, 0.29) is 17.9 Å². The van der Waals surface area contributed by atoms with E-state index in [0.29, 0.717) is 24.7 Å². The summed E-state index contributed by atoms with van der Waals surface area (Å²) in [6, 6.07) is 8.42. The van der Waals surface area contributed by atoms with Crippen LogP contribution in [-0.4, -0.2) is 63.5 Å². The predicted octanol–water partition coefficient (Wildman–Crippen LogP) is 5.76. The smallest absolute Gasteiger partial charge is 0.410 e. The number of benzene rings is 1. The van der Waals surface area contributed by atoms with Crippen LogP contribution in [0.3, 0.4) is 0 Å². The number of piperidine rings is 2. The first-order valence-electron chi connectivity index (χ1n) is 12.6. The molecule has 2 fully saturated rings. The maximum absolute atomic E-state index is 13.2. The number of amides is 2. The number of carbonyl (C=O) groups is 2. The number of hydrogen-bond acceptors (Lipinski definition) is 5. The van der Waals surface area contributed by atoms with Crippen LogP contribution in [0.4, 0.5) is 4.79 Å². The average molecular weight is 495 g/mol. The van der Waals surface area contributed by atoms with Crippen LogP contribution < -0.4 is 0 Å². The molecule has 8 heteroatoms. The number of aromatic amines is 1. The van der Waals surface area contributed by atoms with E-state index in [9.17, 15) is 9.59 Å². The van der Waals surface area contributed by atoms with Gasteiger partial charge in [-0.1, -0.05) is 18.2 Å². The average Bonchev–Trinajstić information content (AvgIpc) is 3.51. The minimum atomic E-state index is -0.484. The zero-order valence-corrected chi connectivity index (χ0v) is 21.6. The number of likely N-dealkylation sites (tertiary alicyclic amines) is 2. The van der Waals surface area contributed by atoms with E-state index >= 15 is 0 Å². The summed E-state index contributed by atoms with van der Waals surface area (Å²) in [6.45, 7) is 8.48. The first-order valence-corrected chi connectivity index (χ1v) is 13.4. The molecule has 1 aromatic carbocycles. The van der Waals surface area contributed by atoms with Gasteiger partial charge >= 0.3 is 6.09 Å². The van der Waals surface area contributed by atoms with Crippen LogP contribution in [0.2, 0.25) is 0 Å². The van der Waals surface area contributed by atoms with Gasteiger partial charge in [-0.3, -0.25) is 4.79 Å². The fourth-order valence-electron chi connectivity index (χ4n) is 5.20. The highest BCUT2D eigenvalue weighted by Gasteiger charge is 2.31. The van der Waals surface area contributed by atoms with E-state index < -0.39 is 5.60 Å². The highest BCUT2D eigenvalue weighted by atomic mass is 32.1. The zero-order valence-electron chi connectivity index (χ0n) is 20.8. The molecule has 2 saturated heterocycles. The molecule has 0 bridgehead atoms. The molecule has 2 aliphatic rings. The number of ether oxygens (including phenoxy) is 1. The lowest BCUT2D eigenvalue weighted by atomic mass is 9.89. The van der Waals surface area contributed by atoms with Gasteiger partial charge in [0.05, 0.1) is 5.01 Å². The highest BCUT2D eigenvalue weighted by Crippen LogP contribution is 2.34. The molecule has 0 aliphatic carbocycles. The van der Waals surface area contributed by atoms with Crippen LogP contribution in [0.5, 0.6) is 0 Å². The Morgan fingerprint density at radius 2 is 1.66 bits per heavy atom. The van der Waals surface area contributed by atoms with E-state index in [2.05, 4.69) is 35.4 Å². The Bertz CT molecular complexity index is 1190. The number of nitrogens with zero attached hydrogens (tertiary/aromatic N) is 3. The van der Waals surface area contributed by atoms with Gasteiger partial charge in [0.2, 0.25) is 0 Å². The van der Waals surface area contributed by atoms with Crippen LogP contribution >= 0.6 is 11.3 Å². The molecule has 35 heavy (non-hydrogen) atoms. The quantitative estimate of drug-likeness (QED) is 0.502. The molecular formula is C27H34N4O3S. The summed E-state index contributed by atoms with van der Waals surface area (Å²) in [5.41, 5.74) is 2.61. The molecule has 2 aromatic heterocycles. The van der Waals surface area contributed by atoms with Crippen molar-refractivity contribution in [1.29, 1.82) is 0 Å². The molecule has 2 amide bonds. The van der Waals surface area contributed by atoms with E-state index in [1.54, 1.807) is 16.2 Å². The molecule has 2 aliphatic heterocycles. The van der Waals surface area contributed by atoms with Crippen molar-refractivity contribution in [2.45, 2.75) is 63.9 Å². The standard InChI is InChI=1S/C27H34N4O3S/c1-27(2,3)34-26(33)31-14-10-19(11-15-31)24-29-23(17-35-24)25(32)30-12-8-18(9-13-30)21-16-28-22-7-5-4-6-20(21)22/h4-7,16-19,28H,8-15H2,1-3H3. The third-order valence-electron chi connectivity index (χ3n) is 7.08.